The quantitative estimate of drug-likeness (QED) is 0.236. The number of hydrogen-bond acceptors (Lipinski definition) is 9. The predicted molar refractivity (Wildman–Crippen MR) is 160 cm³/mol. The van der Waals surface area contributed by atoms with E-state index in [2.05, 4.69) is 0 Å². The fourth-order valence-electron chi connectivity index (χ4n) is 7.84. The Bertz CT molecular complexity index is 1430. The Morgan fingerprint density at radius 3 is 2.02 bits per heavy atom. The van der Waals surface area contributed by atoms with Gasteiger partial charge in [-0.05, 0) is 63.3 Å². The first-order valence-electron chi connectivity index (χ1n) is 15.0. The van der Waals surface area contributed by atoms with Crippen molar-refractivity contribution in [2.45, 2.75) is 90.0 Å². The van der Waals surface area contributed by atoms with E-state index >= 15 is 0 Å². The van der Waals surface area contributed by atoms with Crippen LogP contribution in [0.5, 0.6) is 0 Å². The highest BCUT2D eigenvalue weighted by molar-refractivity contribution is 5.89. The second-order valence-corrected chi connectivity index (χ2v) is 12.8. The molecule has 3 fully saturated rings. The summed E-state index contributed by atoms with van der Waals surface area (Å²) in [4.78, 5) is 51.8. The van der Waals surface area contributed by atoms with Gasteiger partial charge in [-0.1, -0.05) is 55.5 Å². The van der Waals surface area contributed by atoms with Crippen molar-refractivity contribution in [2.75, 3.05) is 0 Å². The highest BCUT2D eigenvalue weighted by atomic mass is 16.6. The maximum absolute atomic E-state index is 13.5. The van der Waals surface area contributed by atoms with Gasteiger partial charge in [0.1, 0.15) is 23.9 Å². The van der Waals surface area contributed by atoms with Crippen LogP contribution in [0, 0.1) is 17.3 Å². The average molecular weight is 605 g/mol. The predicted octanol–water partition coefficient (Wildman–Crippen LogP) is 5.31. The van der Waals surface area contributed by atoms with E-state index in [0.717, 1.165) is 5.56 Å². The molecule has 5 rings (SSSR count). The molecule has 8 atom stereocenters. The van der Waals surface area contributed by atoms with Crippen LogP contribution in [0.15, 0.2) is 66.7 Å². The van der Waals surface area contributed by atoms with Gasteiger partial charge < -0.3 is 23.7 Å². The van der Waals surface area contributed by atoms with Crippen LogP contribution in [-0.4, -0.2) is 59.5 Å². The molecule has 0 amide bonds. The second kappa shape index (κ2) is 11.8. The Labute approximate surface area is 257 Å². The van der Waals surface area contributed by atoms with Crippen molar-refractivity contribution in [3.63, 3.8) is 0 Å². The fraction of sp³-hybridized carbons (Fsp3) is 0.486. The SMILES string of the molecule is CC(=O)O[C@H]1C[C@@H](C)[C@]23OC(C)(C)[C@H](C[C@@H](OC(=O)/C=C/c4ccccc4)[C@]2(C)[C@H]1OC(C)=O)[C@H]3OC(=O)c1ccccc1. The largest absolute Gasteiger partial charge is 0.459 e. The summed E-state index contributed by atoms with van der Waals surface area (Å²) < 4.78 is 31.3. The van der Waals surface area contributed by atoms with Crippen molar-refractivity contribution in [1.82, 2.24) is 0 Å². The van der Waals surface area contributed by atoms with E-state index in [0.29, 0.717) is 5.56 Å². The molecule has 0 N–H and O–H groups in total. The minimum Gasteiger partial charge on any atom is -0.459 e. The Balaban J connectivity index is 1.61. The maximum atomic E-state index is 13.5. The molecule has 1 saturated heterocycles. The Hall–Kier alpha value is -3.98. The van der Waals surface area contributed by atoms with Crippen molar-refractivity contribution in [3.8, 4) is 0 Å². The zero-order chi connectivity index (χ0) is 31.9. The lowest BCUT2D eigenvalue weighted by Crippen LogP contribution is -2.76. The Morgan fingerprint density at radius 2 is 1.41 bits per heavy atom. The van der Waals surface area contributed by atoms with E-state index in [1.165, 1.54) is 19.9 Å². The average Bonchev–Trinajstić information content (AvgIpc) is 3.15. The molecule has 2 bridgehead atoms. The Morgan fingerprint density at radius 1 is 0.795 bits per heavy atom. The number of carbonyl (C=O) groups is 4. The van der Waals surface area contributed by atoms with Gasteiger partial charge in [-0.2, -0.15) is 0 Å². The Kier molecular flexibility index (Phi) is 8.46. The lowest BCUT2D eigenvalue weighted by atomic mass is 9.48. The number of carbonyl (C=O) groups excluding carboxylic acids is 4. The molecule has 1 aliphatic heterocycles. The standard InChI is InChI=1S/C35H40O9/c1-21-19-27(40-22(2)36)31(41-23(3)37)34(6)28(42-29(38)18-17-24-13-9-7-10-14-24)20-26-30(35(21,34)44-33(26,4)5)43-32(39)25-15-11-8-12-16-25/h7-18,21,26-28,30-31H,19-20H2,1-6H3/b18-17+/t21-,26-,27+,28-,30-,31+,34-,35-/m1/s1. The van der Waals surface area contributed by atoms with Gasteiger partial charge in [-0.25, -0.2) is 9.59 Å². The van der Waals surface area contributed by atoms with E-state index in [1.807, 2.05) is 64.1 Å². The van der Waals surface area contributed by atoms with Crippen LogP contribution in [0.4, 0.5) is 0 Å². The van der Waals surface area contributed by atoms with Crippen LogP contribution in [0.2, 0.25) is 0 Å². The van der Waals surface area contributed by atoms with Crippen LogP contribution in [-0.2, 0) is 38.1 Å². The zero-order valence-electron chi connectivity index (χ0n) is 26.0. The third-order valence-electron chi connectivity index (χ3n) is 9.66. The molecule has 3 aliphatic rings. The van der Waals surface area contributed by atoms with E-state index in [-0.39, 0.29) is 24.7 Å². The maximum Gasteiger partial charge on any atom is 0.338 e. The molecule has 2 aromatic carbocycles. The molecule has 9 nitrogen and oxygen atoms in total. The normalized spacial score (nSPS) is 33.6. The molecule has 0 radical (unpaired) electrons. The van der Waals surface area contributed by atoms with Gasteiger partial charge in [-0.3, -0.25) is 9.59 Å². The van der Waals surface area contributed by atoms with Crippen LogP contribution in [0.1, 0.15) is 70.3 Å². The van der Waals surface area contributed by atoms with Gasteiger partial charge in [-0.15, -0.1) is 0 Å². The first-order valence-corrected chi connectivity index (χ1v) is 15.0. The van der Waals surface area contributed by atoms with Crippen LogP contribution in [0.3, 0.4) is 0 Å². The van der Waals surface area contributed by atoms with Crippen molar-refractivity contribution in [2.24, 2.45) is 17.3 Å². The first kappa shape index (κ1) is 31.4. The van der Waals surface area contributed by atoms with Gasteiger partial charge in [0.2, 0.25) is 0 Å². The highest BCUT2D eigenvalue weighted by Crippen LogP contribution is 2.68. The fourth-order valence-corrected chi connectivity index (χ4v) is 7.84. The van der Waals surface area contributed by atoms with Crippen LogP contribution in [0.25, 0.3) is 6.08 Å². The van der Waals surface area contributed by atoms with E-state index in [4.69, 9.17) is 23.7 Å². The zero-order valence-corrected chi connectivity index (χ0v) is 26.0. The molecule has 2 aromatic rings. The summed E-state index contributed by atoms with van der Waals surface area (Å²) >= 11 is 0. The molecule has 0 aromatic heterocycles. The number of hydrogen-bond donors (Lipinski definition) is 0. The second-order valence-electron chi connectivity index (χ2n) is 12.8. The van der Waals surface area contributed by atoms with Gasteiger partial charge in [0, 0.05) is 25.8 Å². The minimum absolute atomic E-state index is 0.250. The topological polar surface area (TPSA) is 114 Å². The summed E-state index contributed by atoms with van der Waals surface area (Å²) in [6, 6.07) is 18.1. The molecular formula is C35H40O9. The monoisotopic (exact) mass is 604 g/mol. The number of benzene rings is 2. The van der Waals surface area contributed by atoms with Gasteiger partial charge in [0.15, 0.2) is 6.10 Å². The molecule has 234 valence electrons. The van der Waals surface area contributed by atoms with Crippen LogP contribution >= 0.6 is 0 Å². The summed E-state index contributed by atoms with van der Waals surface area (Å²) in [6.45, 7) is 10.2. The molecule has 1 spiro atoms. The molecule has 2 saturated carbocycles. The van der Waals surface area contributed by atoms with E-state index < -0.39 is 64.9 Å². The molecule has 9 heteroatoms. The third-order valence-corrected chi connectivity index (χ3v) is 9.66. The summed E-state index contributed by atoms with van der Waals surface area (Å²) in [6.07, 6.45) is -0.00419. The first-order chi connectivity index (χ1) is 20.8. The summed E-state index contributed by atoms with van der Waals surface area (Å²) in [5, 5.41) is 0. The van der Waals surface area contributed by atoms with E-state index in [9.17, 15) is 19.2 Å². The molecule has 1 heterocycles. The molecule has 2 aliphatic carbocycles. The van der Waals surface area contributed by atoms with Crippen molar-refractivity contribution < 1.29 is 42.9 Å². The number of esters is 4. The molecule has 0 unspecified atom stereocenters. The minimum atomic E-state index is -1.29. The van der Waals surface area contributed by atoms with Crippen molar-refractivity contribution >= 4 is 30.0 Å². The smallest absolute Gasteiger partial charge is 0.338 e. The summed E-state index contributed by atoms with van der Waals surface area (Å²) in [7, 11) is 0. The highest BCUT2D eigenvalue weighted by Gasteiger charge is 2.80. The molecule has 44 heavy (non-hydrogen) atoms. The lowest BCUT2D eigenvalue weighted by molar-refractivity contribution is -0.304. The van der Waals surface area contributed by atoms with E-state index in [1.54, 1.807) is 30.3 Å². The molecular weight excluding hydrogens is 564 g/mol. The van der Waals surface area contributed by atoms with Gasteiger partial charge in [0.25, 0.3) is 0 Å². The number of fused-ring (bicyclic) bond motifs is 1. The van der Waals surface area contributed by atoms with Gasteiger partial charge in [0.05, 0.1) is 16.6 Å². The lowest BCUT2D eigenvalue weighted by Gasteiger charge is -2.62. The van der Waals surface area contributed by atoms with Crippen LogP contribution < -0.4 is 0 Å². The van der Waals surface area contributed by atoms with Crippen molar-refractivity contribution in [3.05, 3.63) is 77.9 Å². The summed E-state index contributed by atoms with van der Waals surface area (Å²) in [5.41, 5.74) is -2.16. The van der Waals surface area contributed by atoms with Gasteiger partial charge >= 0.3 is 23.9 Å². The van der Waals surface area contributed by atoms with Crippen molar-refractivity contribution in [1.29, 1.82) is 0 Å². The number of ether oxygens (including phenoxy) is 5. The third kappa shape index (κ3) is 5.42. The number of rotatable bonds is 7. The summed E-state index contributed by atoms with van der Waals surface area (Å²) in [5.74, 6) is -2.97.